The smallest absolute Gasteiger partial charge is 0.234 e. The minimum Gasteiger partial charge on any atom is -0.378 e. The Bertz CT molecular complexity index is 324. The molecule has 0 N–H and O–H groups in total. The van der Waals surface area contributed by atoms with E-state index in [4.69, 9.17) is 18.9 Å². The van der Waals surface area contributed by atoms with Crippen molar-refractivity contribution in [2.24, 2.45) is 5.92 Å². The third-order valence-corrected chi connectivity index (χ3v) is 4.14. The maximum Gasteiger partial charge on any atom is 0.234 e. The molecule has 5 nitrogen and oxygen atoms in total. The van der Waals surface area contributed by atoms with E-state index < -0.39 is 5.79 Å². The van der Waals surface area contributed by atoms with Gasteiger partial charge in [0.2, 0.25) is 11.6 Å². The number of fused-ring (bicyclic) bond motifs is 1. The summed E-state index contributed by atoms with van der Waals surface area (Å²) in [5.41, 5.74) is -0.370. The monoisotopic (exact) mass is 228 g/mol. The van der Waals surface area contributed by atoms with Crippen LogP contribution in [0.25, 0.3) is 0 Å². The lowest BCUT2D eigenvalue weighted by atomic mass is 9.85. The summed E-state index contributed by atoms with van der Waals surface area (Å²) < 4.78 is 21.9. The molecule has 0 amide bonds. The number of methoxy groups -OCH3 is 2. The van der Waals surface area contributed by atoms with Crippen molar-refractivity contribution in [3.8, 4) is 0 Å². The Morgan fingerprint density at radius 1 is 1.38 bits per heavy atom. The Labute approximate surface area is 94.0 Å². The molecule has 3 atom stereocenters. The van der Waals surface area contributed by atoms with E-state index in [9.17, 15) is 4.79 Å². The van der Waals surface area contributed by atoms with Gasteiger partial charge in [-0.1, -0.05) is 0 Å². The molecule has 0 aromatic carbocycles. The molecule has 3 saturated heterocycles. The molecule has 3 heterocycles. The van der Waals surface area contributed by atoms with Gasteiger partial charge in [0.1, 0.15) is 11.7 Å². The van der Waals surface area contributed by atoms with Crippen molar-refractivity contribution in [2.45, 2.75) is 30.3 Å². The molecule has 0 unspecified atom stereocenters. The van der Waals surface area contributed by atoms with Gasteiger partial charge in [-0.15, -0.1) is 0 Å². The topological polar surface area (TPSA) is 54.0 Å². The highest BCUT2D eigenvalue weighted by molar-refractivity contribution is 5.91. The van der Waals surface area contributed by atoms with Crippen molar-refractivity contribution in [2.75, 3.05) is 27.4 Å². The zero-order chi connectivity index (χ0) is 11.4. The first kappa shape index (κ1) is 10.7. The molecule has 0 aliphatic carbocycles. The van der Waals surface area contributed by atoms with Crippen LogP contribution in [0.1, 0.15) is 12.8 Å². The van der Waals surface area contributed by atoms with E-state index in [1.165, 1.54) is 14.2 Å². The lowest BCUT2D eigenvalue weighted by Crippen LogP contribution is -2.58. The van der Waals surface area contributed by atoms with Crippen molar-refractivity contribution in [3.63, 3.8) is 0 Å². The number of carbonyl (C=O) groups is 1. The molecule has 90 valence electrons. The van der Waals surface area contributed by atoms with E-state index in [0.29, 0.717) is 25.6 Å². The molecule has 0 saturated carbocycles. The fraction of sp³-hybridized carbons (Fsp3) is 0.909. The van der Waals surface area contributed by atoms with Crippen LogP contribution in [0.3, 0.4) is 0 Å². The SMILES string of the molecule is COC1(OC)C[C@@]23COC[C@@H]2C[C@H](O3)C1=O. The summed E-state index contributed by atoms with van der Waals surface area (Å²) in [5.74, 6) is -0.920. The second kappa shape index (κ2) is 3.26. The zero-order valence-electron chi connectivity index (χ0n) is 9.52. The molecule has 0 aromatic rings. The first-order valence-electron chi connectivity index (χ1n) is 5.56. The Morgan fingerprint density at radius 2 is 2.12 bits per heavy atom. The van der Waals surface area contributed by atoms with Crippen molar-refractivity contribution in [1.29, 1.82) is 0 Å². The highest BCUT2D eigenvalue weighted by Crippen LogP contribution is 2.51. The number of ketones is 1. The van der Waals surface area contributed by atoms with Crippen LogP contribution < -0.4 is 0 Å². The predicted molar refractivity (Wildman–Crippen MR) is 52.9 cm³/mol. The zero-order valence-corrected chi connectivity index (χ0v) is 9.52. The van der Waals surface area contributed by atoms with Gasteiger partial charge in [-0.25, -0.2) is 0 Å². The molecule has 0 aromatic heterocycles. The standard InChI is InChI=1S/C11H16O5/c1-13-11(14-2)5-10-6-15-4-7(10)3-8(16-10)9(11)12/h7-8H,3-6H2,1-2H3/t7-,8-,10+/m0/s1. The highest BCUT2D eigenvalue weighted by Gasteiger charge is 2.65. The number of hydrogen-bond donors (Lipinski definition) is 0. The van der Waals surface area contributed by atoms with Gasteiger partial charge in [0.25, 0.3) is 0 Å². The fourth-order valence-electron chi connectivity index (χ4n) is 3.20. The number of hydrogen-bond acceptors (Lipinski definition) is 5. The van der Waals surface area contributed by atoms with Gasteiger partial charge in [0, 0.05) is 26.6 Å². The second-order valence-electron chi connectivity index (χ2n) is 4.82. The molecule has 5 heteroatoms. The number of carbonyl (C=O) groups excluding carboxylic acids is 1. The Hall–Kier alpha value is -0.490. The second-order valence-corrected chi connectivity index (χ2v) is 4.82. The summed E-state index contributed by atoms with van der Waals surface area (Å²) in [5, 5.41) is 0. The number of Topliss-reactive ketones (excluding diaryl/α,β-unsaturated/α-hetero) is 1. The van der Waals surface area contributed by atoms with Crippen LogP contribution in [-0.2, 0) is 23.7 Å². The third kappa shape index (κ3) is 1.12. The van der Waals surface area contributed by atoms with E-state index in [1.54, 1.807) is 0 Å². The maximum absolute atomic E-state index is 12.2. The van der Waals surface area contributed by atoms with Crippen LogP contribution in [0, 0.1) is 5.92 Å². The quantitative estimate of drug-likeness (QED) is 0.628. The lowest BCUT2D eigenvalue weighted by Gasteiger charge is -2.41. The van der Waals surface area contributed by atoms with Gasteiger partial charge < -0.3 is 18.9 Å². The maximum atomic E-state index is 12.2. The van der Waals surface area contributed by atoms with Gasteiger partial charge in [0.15, 0.2) is 0 Å². The first-order valence-corrected chi connectivity index (χ1v) is 5.56. The molecule has 0 radical (unpaired) electrons. The average molecular weight is 228 g/mol. The van der Waals surface area contributed by atoms with Gasteiger partial charge in [-0.3, -0.25) is 4.79 Å². The van der Waals surface area contributed by atoms with Crippen LogP contribution in [-0.4, -0.2) is 50.7 Å². The van der Waals surface area contributed by atoms with Crippen molar-refractivity contribution in [1.82, 2.24) is 0 Å². The van der Waals surface area contributed by atoms with E-state index in [-0.39, 0.29) is 17.5 Å². The fourth-order valence-corrected chi connectivity index (χ4v) is 3.20. The van der Waals surface area contributed by atoms with Gasteiger partial charge in [-0.05, 0) is 6.42 Å². The van der Waals surface area contributed by atoms with Crippen molar-refractivity contribution in [3.05, 3.63) is 0 Å². The van der Waals surface area contributed by atoms with Crippen molar-refractivity contribution < 1.29 is 23.7 Å². The molecule has 3 aliphatic heterocycles. The largest absolute Gasteiger partial charge is 0.378 e. The third-order valence-electron chi connectivity index (χ3n) is 4.14. The lowest BCUT2D eigenvalue weighted by molar-refractivity contribution is -0.258. The van der Waals surface area contributed by atoms with E-state index in [0.717, 1.165) is 6.42 Å². The van der Waals surface area contributed by atoms with Crippen LogP contribution in [0.5, 0.6) is 0 Å². The van der Waals surface area contributed by atoms with Crippen LogP contribution >= 0.6 is 0 Å². The molecular formula is C11H16O5. The number of ether oxygens (including phenoxy) is 4. The van der Waals surface area contributed by atoms with Crippen LogP contribution in [0.15, 0.2) is 0 Å². The average Bonchev–Trinajstić information content (AvgIpc) is 2.78. The summed E-state index contributed by atoms with van der Waals surface area (Å²) >= 11 is 0. The van der Waals surface area contributed by atoms with Crippen LogP contribution in [0.4, 0.5) is 0 Å². The predicted octanol–water partition coefficient (Wildman–Crippen LogP) is 0.122. The molecule has 3 fully saturated rings. The Kier molecular flexibility index (Phi) is 2.17. The highest BCUT2D eigenvalue weighted by atomic mass is 16.7. The molecule has 2 bridgehead atoms. The van der Waals surface area contributed by atoms with Gasteiger partial charge in [0.05, 0.1) is 13.2 Å². The van der Waals surface area contributed by atoms with Gasteiger partial charge in [-0.2, -0.15) is 0 Å². The summed E-state index contributed by atoms with van der Waals surface area (Å²) in [6, 6.07) is 0. The summed E-state index contributed by atoms with van der Waals surface area (Å²) in [6.07, 6.45) is 0.780. The first-order chi connectivity index (χ1) is 7.66. The molecular weight excluding hydrogens is 212 g/mol. The Balaban J connectivity index is 1.98. The van der Waals surface area contributed by atoms with E-state index in [2.05, 4.69) is 0 Å². The summed E-state index contributed by atoms with van der Waals surface area (Å²) in [6.45, 7) is 1.21. The Morgan fingerprint density at radius 3 is 2.81 bits per heavy atom. The minimum atomic E-state index is -1.13. The van der Waals surface area contributed by atoms with Crippen molar-refractivity contribution >= 4 is 5.78 Å². The molecule has 16 heavy (non-hydrogen) atoms. The minimum absolute atomic E-state index is 0.0856. The summed E-state index contributed by atoms with van der Waals surface area (Å²) in [4.78, 5) is 12.2. The number of rotatable bonds is 2. The summed E-state index contributed by atoms with van der Waals surface area (Å²) in [7, 11) is 3.02. The normalized spacial score (nSPS) is 44.8. The van der Waals surface area contributed by atoms with Crippen LogP contribution in [0.2, 0.25) is 0 Å². The molecule has 3 aliphatic rings. The van der Waals surface area contributed by atoms with E-state index in [1.807, 2.05) is 0 Å². The molecule has 3 rings (SSSR count). The van der Waals surface area contributed by atoms with E-state index >= 15 is 0 Å². The molecule has 1 spiro atoms. The van der Waals surface area contributed by atoms with Gasteiger partial charge >= 0.3 is 0 Å².